The van der Waals surface area contributed by atoms with Gasteiger partial charge < -0.3 is 5.73 Å². The van der Waals surface area contributed by atoms with Gasteiger partial charge in [0, 0.05) is 20.6 Å². The average Bonchev–Trinajstić information content (AvgIpc) is 2.26. The third-order valence-electron chi connectivity index (χ3n) is 2.44. The minimum absolute atomic E-state index is 0.200. The molecule has 0 heterocycles. The molecular formula is C12H21N3. The summed E-state index contributed by atoms with van der Waals surface area (Å²) in [4.78, 5) is 0. The molecule has 0 saturated carbocycles. The fourth-order valence-electron chi connectivity index (χ4n) is 1.56. The molecule has 0 aliphatic rings. The number of benzene rings is 1. The molecule has 0 aromatic heterocycles. The molecule has 1 aromatic carbocycles. The van der Waals surface area contributed by atoms with Crippen LogP contribution in [0.3, 0.4) is 0 Å². The summed E-state index contributed by atoms with van der Waals surface area (Å²) in [6, 6.07) is 8.82. The lowest BCUT2D eigenvalue weighted by Gasteiger charge is -2.22. The Kier molecular flexibility index (Phi) is 4.75. The predicted molar refractivity (Wildman–Crippen MR) is 64.4 cm³/mol. The van der Waals surface area contributed by atoms with Crippen LogP contribution in [0.25, 0.3) is 0 Å². The molecule has 84 valence electrons. The van der Waals surface area contributed by atoms with Gasteiger partial charge in [-0.05, 0) is 17.5 Å². The van der Waals surface area contributed by atoms with Crippen molar-refractivity contribution in [3.63, 3.8) is 0 Å². The van der Waals surface area contributed by atoms with Crippen molar-refractivity contribution in [3.05, 3.63) is 35.4 Å². The third-order valence-corrected chi connectivity index (χ3v) is 2.44. The van der Waals surface area contributed by atoms with Gasteiger partial charge in [0.05, 0.1) is 6.04 Å². The Hall–Kier alpha value is -0.900. The molecule has 0 radical (unpaired) electrons. The highest BCUT2D eigenvalue weighted by Gasteiger charge is 2.09. The van der Waals surface area contributed by atoms with E-state index in [1.807, 2.05) is 19.1 Å². The molecule has 1 unspecified atom stereocenters. The number of aryl methyl sites for hydroxylation is 1. The molecule has 0 spiro atoms. The van der Waals surface area contributed by atoms with Crippen molar-refractivity contribution in [3.8, 4) is 0 Å². The molecule has 15 heavy (non-hydrogen) atoms. The smallest absolute Gasteiger partial charge is 0.0586 e. The van der Waals surface area contributed by atoms with E-state index in [0.29, 0.717) is 6.54 Å². The van der Waals surface area contributed by atoms with E-state index in [4.69, 9.17) is 5.73 Å². The van der Waals surface area contributed by atoms with Gasteiger partial charge in [-0.25, -0.2) is 10.4 Å². The lowest BCUT2D eigenvalue weighted by Crippen LogP contribution is -2.37. The first kappa shape index (κ1) is 12.2. The van der Waals surface area contributed by atoms with Crippen LogP contribution >= 0.6 is 0 Å². The highest BCUT2D eigenvalue weighted by atomic mass is 15.5. The van der Waals surface area contributed by atoms with Gasteiger partial charge in [-0.15, -0.1) is 0 Å². The Morgan fingerprint density at radius 3 is 2.27 bits per heavy atom. The largest absolute Gasteiger partial charge is 0.329 e. The van der Waals surface area contributed by atoms with Crippen LogP contribution in [-0.2, 0) is 6.42 Å². The molecule has 3 heteroatoms. The maximum atomic E-state index is 5.73. The van der Waals surface area contributed by atoms with Gasteiger partial charge in [-0.1, -0.05) is 31.2 Å². The maximum Gasteiger partial charge on any atom is 0.0586 e. The first-order valence-corrected chi connectivity index (χ1v) is 5.39. The molecule has 0 fully saturated rings. The van der Waals surface area contributed by atoms with Crippen molar-refractivity contribution in [2.24, 2.45) is 5.73 Å². The quantitative estimate of drug-likeness (QED) is 0.715. The number of nitrogens with one attached hydrogen (secondary N) is 1. The van der Waals surface area contributed by atoms with Gasteiger partial charge in [-0.2, -0.15) is 0 Å². The van der Waals surface area contributed by atoms with E-state index in [1.54, 1.807) is 0 Å². The topological polar surface area (TPSA) is 41.3 Å². The number of nitrogens with zero attached hydrogens (tertiary/aromatic N) is 1. The van der Waals surface area contributed by atoms with Crippen LogP contribution in [0.1, 0.15) is 24.1 Å². The summed E-state index contributed by atoms with van der Waals surface area (Å²) in [5, 5.41) is 1.94. The van der Waals surface area contributed by atoms with Crippen LogP contribution < -0.4 is 11.2 Å². The second kappa shape index (κ2) is 5.85. The maximum absolute atomic E-state index is 5.73. The van der Waals surface area contributed by atoms with E-state index in [-0.39, 0.29) is 6.04 Å². The van der Waals surface area contributed by atoms with Crippen molar-refractivity contribution in [2.75, 3.05) is 20.6 Å². The van der Waals surface area contributed by atoms with Crippen molar-refractivity contribution in [1.82, 2.24) is 10.4 Å². The minimum atomic E-state index is 0.200. The zero-order valence-corrected chi connectivity index (χ0v) is 9.83. The molecule has 0 amide bonds. The zero-order chi connectivity index (χ0) is 11.3. The van der Waals surface area contributed by atoms with E-state index in [2.05, 4.69) is 36.6 Å². The fraction of sp³-hybridized carbons (Fsp3) is 0.500. The fourth-order valence-corrected chi connectivity index (χ4v) is 1.56. The van der Waals surface area contributed by atoms with E-state index in [1.165, 1.54) is 11.1 Å². The Morgan fingerprint density at radius 1 is 1.27 bits per heavy atom. The number of hydrogen-bond acceptors (Lipinski definition) is 3. The molecule has 0 aliphatic carbocycles. The molecule has 1 aromatic rings. The first-order valence-electron chi connectivity index (χ1n) is 5.39. The second-order valence-corrected chi connectivity index (χ2v) is 3.91. The number of nitrogens with two attached hydrogens (primary N) is 1. The average molecular weight is 207 g/mol. The van der Waals surface area contributed by atoms with E-state index in [0.717, 1.165) is 6.42 Å². The summed E-state index contributed by atoms with van der Waals surface area (Å²) >= 11 is 0. The van der Waals surface area contributed by atoms with Crippen LogP contribution in [0, 0.1) is 0 Å². The summed E-state index contributed by atoms with van der Waals surface area (Å²) < 4.78 is 0. The normalized spacial score (nSPS) is 13.1. The Morgan fingerprint density at radius 2 is 1.87 bits per heavy atom. The van der Waals surface area contributed by atoms with Crippen LogP contribution in [0.5, 0.6) is 0 Å². The SMILES string of the molecule is CCc1ccc(C(CN)NN(C)C)cc1. The summed E-state index contributed by atoms with van der Waals surface area (Å²) in [5.74, 6) is 0. The van der Waals surface area contributed by atoms with Crippen LogP contribution in [0.15, 0.2) is 24.3 Å². The van der Waals surface area contributed by atoms with Gasteiger partial charge in [0.15, 0.2) is 0 Å². The summed E-state index contributed by atoms with van der Waals surface area (Å²) in [6.45, 7) is 2.76. The highest BCUT2D eigenvalue weighted by molar-refractivity contribution is 5.25. The molecule has 0 saturated heterocycles. The first-order chi connectivity index (χ1) is 7.17. The van der Waals surface area contributed by atoms with Crippen LogP contribution in [-0.4, -0.2) is 25.6 Å². The molecule has 0 aliphatic heterocycles. The molecule has 1 atom stereocenters. The summed E-state index contributed by atoms with van der Waals surface area (Å²) in [7, 11) is 3.95. The van der Waals surface area contributed by atoms with Gasteiger partial charge in [0.1, 0.15) is 0 Å². The van der Waals surface area contributed by atoms with Gasteiger partial charge in [-0.3, -0.25) is 0 Å². The Bertz CT molecular complexity index is 279. The van der Waals surface area contributed by atoms with Gasteiger partial charge in [0.2, 0.25) is 0 Å². The molecule has 3 nitrogen and oxygen atoms in total. The summed E-state index contributed by atoms with van der Waals surface area (Å²) in [5.41, 5.74) is 11.6. The minimum Gasteiger partial charge on any atom is -0.329 e. The second-order valence-electron chi connectivity index (χ2n) is 3.91. The van der Waals surface area contributed by atoms with E-state index >= 15 is 0 Å². The zero-order valence-electron chi connectivity index (χ0n) is 9.83. The van der Waals surface area contributed by atoms with Gasteiger partial charge >= 0.3 is 0 Å². The van der Waals surface area contributed by atoms with E-state index in [9.17, 15) is 0 Å². The molecule has 0 bridgehead atoms. The number of hydrogen-bond donors (Lipinski definition) is 2. The number of rotatable bonds is 5. The van der Waals surface area contributed by atoms with Crippen molar-refractivity contribution in [2.45, 2.75) is 19.4 Å². The number of hydrazine groups is 1. The Balaban J connectivity index is 2.74. The summed E-state index contributed by atoms with van der Waals surface area (Å²) in [6.07, 6.45) is 1.08. The monoisotopic (exact) mass is 207 g/mol. The Labute approximate surface area is 92.2 Å². The predicted octanol–water partition coefficient (Wildman–Crippen LogP) is 1.31. The highest BCUT2D eigenvalue weighted by Crippen LogP contribution is 2.13. The van der Waals surface area contributed by atoms with Crippen molar-refractivity contribution < 1.29 is 0 Å². The van der Waals surface area contributed by atoms with Gasteiger partial charge in [0.25, 0.3) is 0 Å². The lowest BCUT2D eigenvalue weighted by atomic mass is 10.0. The van der Waals surface area contributed by atoms with Crippen molar-refractivity contribution >= 4 is 0 Å². The molecule has 1 rings (SSSR count). The molecule has 3 N–H and O–H groups in total. The van der Waals surface area contributed by atoms with E-state index < -0.39 is 0 Å². The molecular weight excluding hydrogens is 186 g/mol. The van der Waals surface area contributed by atoms with Crippen molar-refractivity contribution in [1.29, 1.82) is 0 Å². The van der Waals surface area contributed by atoms with Crippen LogP contribution in [0.4, 0.5) is 0 Å². The lowest BCUT2D eigenvalue weighted by molar-refractivity contribution is 0.245. The standard InChI is InChI=1S/C12H21N3/c1-4-10-5-7-11(8-6-10)12(9-13)14-15(2)3/h5-8,12,14H,4,9,13H2,1-3H3. The third kappa shape index (κ3) is 3.63. The van der Waals surface area contributed by atoms with Crippen LogP contribution in [0.2, 0.25) is 0 Å².